The van der Waals surface area contributed by atoms with Gasteiger partial charge in [-0.15, -0.1) is 0 Å². The van der Waals surface area contributed by atoms with Crippen LogP contribution in [0.3, 0.4) is 0 Å². The third-order valence-corrected chi connectivity index (χ3v) is 2.17. The molecule has 1 aromatic rings. The molecule has 2 rings (SSSR count). The van der Waals surface area contributed by atoms with Crippen LogP contribution in [0.25, 0.3) is 0 Å². The Morgan fingerprint density at radius 2 is 2.20 bits per heavy atom. The van der Waals surface area contributed by atoms with Crippen LogP contribution >= 0.6 is 0 Å². The van der Waals surface area contributed by atoms with Crippen LogP contribution in [0.4, 0.5) is 5.69 Å². The van der Waals surface area contributed by atoms with Crippen molar-refractivity contribution in [2.75, 3.05) is 18.7 Å². The summed E-state index contributed by atoms with van der Waals surface area (Å²) in [6.07, 6.45) is 1.43. The zero-order valence-corrected chi connectivity index (χ0v) is 8.32. The summed E-state index contributed by atoms with van der Waals surface area (Å²) >= 11 is 0. The van der Waals surface area contributed by atoms with E-state index in [1.807, 2.05) is 18.2 Å². The molecule has 0 aliphatic carbocycles. The second-order valence-electron chi connectivity index (χ2n) is 3.26. The van der Waals surface area contributed by atoms with Gasteiger partial charge in [-0.25, -0.2) is 0 Å². The van der Waals surface area contributed by atoms with Crippen molar-refractivity contribution in [1.82, 2.24) is 0 Å². The lowest BCUT2D eigenvalue weighted by Crippen LogP contribution is -2.00. The number of unbranched alkanes of at least 4 members (excludes halogenated alkanes) is 1. The Kier molecular flexibility index (Phi) is 2.93. The van der Waals surface area contributed by atoms with Crippen molar-refractivity contribution in [3.05, 3.63) is 18.2 Å². The number of nitrogens with zero attached hydrogens (tertiary/aromatic N) is 1. The highest BCUT2D eigenvalue weighted by molar-refractivity contribution is 5.55. The highest BCUT2D eigenvalue weighted by Gasteiger charge is 2.12. The summed E-state index contributed by atoms with van der Waals surface area (Å²) in [6, 6.07) is 7.85. The molecule has 1 aliphatic rings. The lowest BCUT2D eigenvalue weighted by molar-refractivity contribution is 0.174. The van der Waals surface area contributed by atoms with E-state index in [4.69, 9.17) is 14.7 Å². The number of benzene rings is 1. The van der Waals surface area contributed by atoms with Crippen LogP contribution < -0.4 is 14.8 Å². The number of nitrogens with one attached hydrogen (secondary N) is 1. The molecule has 0 saturated carbocycles. The number of rotatable bonds is 4. The van der Waals surface area contributed by atoms with Gasteiger partial charge in [-0.05, 0) is 18.6 Å². The molecular formula is C11H12N2O2. The zero-order valence-electron chi connectivity index (χ0n) is 8.32. The number of hydrogen-bond donors (Lipinski definition) is 1. The maximum Gasteiger partial charge on any atom is 0.231 e. The van der Waals surface area contributed by atoms with E-state index in [1.165, 1.54) is 0 Å². The third-order valence-electron chi connectivity index (χ3n) is 2.17. The second-order valence-corrected chi connectivity index (χ2v) is 3.26. The Balaban J connectivity index is 1.90. The van der Waals surface area contributed by atoms with E-state index >= 15 is 0 Å². The van der Waals surface area contributed by atoms with Gasteiger partial charge in [0.05, 0.1) is 6.07 Å². The molecule has 0 spiro atoms. The van der Waals surface area contributed by atoms with Crippen LogP contribution in [0, 0.1) is 11.3 Å². The van der Waals surface area contributed by atoms with Gasteiger partial charge in [0.1, 0.15) is 0 Å². The molecular weight excluding hydrogens is 192 g/mol. The van der Waals surface area contributed by atoms with Crippen LogP contribution in [-0.2, 0) is 0 Å². The quantitative estimate of drug-likeness (QED) is 0.763. The summed E-state index contributed by atoms with van der Waals surface area (Å²) in [4.78, 5) is 0. The number of nitriles is 1. The molecule has 0 amide bonds. The lowest BCUT2D eigenvalue weighted by atomic mass is 10.2. The highest BCUT2D eigenvalue weighted by atomic mass is 16.7. The van der Waals surface area contributed by atoms with Gasteiger partial charge >= 0.3 is 0 Å². The van der Waals surface area contributed by atoms with E-state index in [9.17, 15) is 0 Å². The molecule has 15 heavy (non-hydrogen) atoms. The van der Waals surface area contributed by atoms with Crippen molar-refractivity contribution in [3.63, 3.8) is 0 Å². The summed E-state index contributed by atoms with van der Waals surface area (Å²) in [5.41, 5.74) is 0.997. The summed E-state index contributed by atoms with van der Waals surface area (Å²) in [6.45, 7) is 1.10. The van der Waals surface area contributed by atoms with Gasteiger partial charge in [0.15, 0.2) is 11.5 Å². The van der Waals surface area contributed by atoms with E-state index in [2.05, 4.69) is 11.4 Å². The maximum atomic E-state index is 8.38. The Morgan fingerprint density at radius 3 is 3.07 bits per heavy atom. The number of fused-ring (bicyclic) bond motifs is 1. The van der Waals surface area contributed by atoms with E-state index in [0.29, 0.717) is 13.2 Å². The number of hydrogen-bond acceptors (Lipinski definition) is 4. The molecule has 0 fully saturated rings. The first-order chi connectivity index (χ1) is 7.40. The van der Waals surface area contributed by atoms with Crippen LogP contribution in [0.2, 0.25) is 0 Å². The summed E-state index contributed by atoms with van der Waals surface area (Å²) in [5, 5.41) is 11.6. The second kappa shape index (κ2) is 4.56. The molecule has 1 aromatic carbocycles. The van der Waals surface area contributed by atoms with Gasteiger partial charge in [-0.2, -0.15) is 5.26 Å². The topological polar surface area (TPSA) is 54.3 Å². The molecule has 1 aliphatic heterocycles. The van der Waals surface area contributed by atoms with Crippen molar-refractivity contribution in [2.45, 2.75) is 12.8 Å². The number of ether oxygens (including phenoxy) is 2. The van der Waals surface area contributed by atoms with Crippen LogP contribution in [0.15, 0.2) is 18.2 Å². The van der Waals surface area contributed by atoms with E-state index < -0.39 is 0 Å². The van der Waals surface area contributed by atoms with Gasteiger partial charge in [0.2, 0.25) is 6.79 Å². The van der Waals surface area contributed by atoms with Gasteiger partial charge < -0.3 is 14.8 Å². The van der Waals surface area contributed by atoms with Gasteiger partial charge in [0, 0.05) is 24.7 Å². The smallest absolute Gasteiger partial charge is 0.231 e. The standard InChI is InChI=1S/C11H12N2O2/c12-5-1-2-6-13-9-3-4-10-11(7-9)15-8-14-10/h3-4,7,13H,1-2,6,8H2. The average molecular weight is 204 g/mol. The number of anilines is 1. The first-order valence-corrected chi connectivity index (χ1v) is 4.90. The molecule has 4 heteroatoms. The summed E-state index contributed by atoms with van der Waals surface area (Å²) in [7, 11) is 0. The van der Waals surface area contributed by atoms with Crippen molar-refractivity contribution in [2.24, 2.45) is 0 Å². The minimum atomic E-state index is 0.299. The molecule has 78 valence electrons. The fraction of sp³-hybridized carbons (Fsp3) is 0.364. The molecule has 0 saturated heterocycles. The first kappa shape index (κ1) is 9.66. The highest BCUT2D eigenvalue weighted by Crippen LogP contribution is 2.34. The molecule has 4 nitrogen and oxygen atoms in total. The molecule has 1 heterocycles. The van der Waals surface area contributed by atoms with E-state index in [1.54, 1.807) is 0 Å². The largest absolute Gasteiger partial charge is 0.454 e. The van der Waals surface area contributed by atoms with Crippen LogP contribution in [-0.4, -0.2) is 13.3 Å². The Morgan fingerprint density at radius 1 is 1.33 bits per heavy atom. The van der Waals surface area contributed by atoms with Crippen molar-refractivity contribution in [3.8, 4) is 17.6 Å². The van der Waals surface area contributed by atoms with Crippen molar-refractivity contribution in [1.29, 1.82) is 5.26 Å². The van der Waals surface area contributed by atoms with Gasteiger partial charge in [-0.3, -0.25) is 0 Å². The minimum absolute atomic E-state index is 0.299. The SMILES string of the molecule is N#CCCCNc1ccc2c(c1)OCO2. The van der Waals surface area contributed by atoms with Crippen molar-refractivity contribution >= 4 is 5.69 Å². The van der Waals surface area contributed by atoms with Gasteiger partial charge in [-0.1, -0.05) is 0 Å². The average Bonchev–Trinajstić information content (AvgIpc) is 2.71. The molecule has 0 radical (unpaired) electrons. The monoisotopic (exact) mass is 204 g/mol. The Hall–Kier alpha value is -1.89. The summed E-state index contributed by atoms with van der Waals surface area (Å²) < 4.78 is 10.5. The van der Waals surface area contributed by atoms with Gasteiger partial charge in [0.25, 0.3) is 0 Å². The molecule has 0 unspecified atom stereocenters. The predicted molar refractivity (Wildman–Crippen MR) is 55.9 cm³/mol. The normalized spacial score (nSPS) is 12.2. The fourth-order valence-corrected chi connectivity index (χ4v) is 1.41. The minimum Gasteiger partial charge on any atom is -0.454 e. The third kappa shape index (κ3) is 2.32. The summed E-state index contributed by atoms with van der Waals surface area (Å²) in [5.74, 6) is 1.57. The molecule has 0 atom stereocenters. The molecule has 0 bridgehead atoms. The van der Waals surface area contributed by atoms with Crippen molar-refractivity contribution < 1.29 is 9.47 Å². The maximum absolute atomic E-state index is 8.38. The Bertz CT molecular complexity index is 385. The van der Waals surface area contributed by atoms with E-state index in [0.717, 1.165) is 30.2 Å². The first-order valence-electron chi connectivity index (χ1n) is 4.90. The molecule has 1 N–H and O–H groups in total. The molecule has 0 aromatic heterocycles. The Labute approximate surface area is 88.4 Å². The predicted octanol–water partition coefficient (Wildman–Crippen LogP) is 2.13. The fourth-order valence-electron chi connectivity index (χ4n) is 1.41. The lowest BCUT2D eigenvalue weighted by Gasteiger charge is -2.05. The van der Waals surface area contributed by atoms with E-state index in [-0.39, 0.29) is 0 Å². The van der Waals surface area contributed by atoms with Crippen LogP contribution in [0.1, 0.15) is 12.8 Å². The zero-order chi connectivity index (χ0) is 10.5. The van der Waals surface area contributed by atoms with Crippen LogP contribution in [0.5, 0.6) is 11.5 Å².